The van der Waals surface area contributed by atoms with Gasteiger partial charge in [-0.3, -0.25) is 4.79 Å². The molecule has 1 saturated carbocycles. The number of carbonyl (C=O) groups excluding carboxylic acids is 2. The highest BCUT2D eigenvalue weighted by molar-refractivity contribution is 6.00. The van der Waals surface area contributed by atoms with Crippen molar-refractivity contribution in [3.8, 4) is 11.4 Å². The molecule has 2 aromatic rings. The van der Waals surface area contributed by atoms with Gasteiger partial charge in [0.05, 0.1) is 12.1 Å². The first-order valence-electron chi connectivity index (χ1n) is 12.5. The van der Waals surface area contributed by atoms with Gasteiger partial charge < -0.3 is 14.6 Å². The first-order valence-corrected chi connectivity index (χ1v) is 12.5. The molecule has 0 saturated heterocycles. The third-order valence-electron chi connectivity index (χ3n) is 7.02. The van der Waals surface area contributed by atoms with Crippen LogP contribution in [0.3, 0.4) is 0 Å². The van der Waals surface area contributed by atoms with Gasteiger partial charge in [-0.15, -0.1) is 10.2 Å². The fourth-order valence-corrected chi connectivity index (χ4v) is 5.37. The van der Waals surface area contributed by atoms with E-state index >= 15 is 0 Å². The van der Waals surface area contributed by atoms with Crippen LogP contribution in [0.1, 0.15) is 65.6 Å². The zero-order valence-corrected chi connectivity index (χ0v) is 20.9. The summed E-state index contributed by atoms with van der Waals surface area (Å²) in [5, 5.41) is 11.4. The van der Waals surface area contributed by atoms with Crippen molar-refractivity contribution in [1.29, 1.82) is 0 Å². The lowest BCUT2D eigenvalue weighted by atomic mass is 9.75. The predicted molar refractivity (Wildman–Crippen MR) is 134 cm³/mol. The highest BCUT2D eigenvalue weighted by atomic mass is 16.5. The maximum Gasteiger partial charge on any atom is 0.325 e. The Kier molecular flexibility index (Phi) is 7.34. The molecule has 1 aliphatic heterocycles. The first kappa shape index (κ1) is 24.6. The Morgan fingerprint density at radius 1 is 1.11 bits per heavy atom. The van der Waals surface area contributed by atoms with E-state index in [2.05, 4.69) is 48.1 Å². The van der Waals surface area contributed by atoms with Gasteiger partial charge in [-0.1, -0.05) is 34.1 Å². The SMILES string of the molecule is [C-]#[N+]C1=C(C(=O)OC2C(C)CC(C)CC2C)Cn2c1nnc2-c1ccc(NC(=O)CCCC)cc1. The van der Waals surface area contributed by atoms with Gasteiger partial charge in [0.2, 0.25) is 11.6 Å². The van der Waals surface area contributed by atoms with Gasteiger partial charge in [0.1, 0.15) is 6.10 Å². The van der Waals surface area contributed by atoms with Crippen molar-refractivity contribution in [2.24, 2.45) is 17.8 Å². The van der Waals surface area contributed by atoms with E-state index in [0.29, 0.717) is 35.2 Å². The predicted octanol–water partition coefficient (Wildman–Crippen LogP) is 5.33. The number of nitrogens with zero attached hydrogens (tertiary/aromatic N) is 4. The van der Waals surface area contributed by atoms with Gasteiger partial charge in [0, 0.05) is 24.2 Å². The number of carbonyl (C=O) groups is 2. The maximum atomic E-state index is 13.2. The van der Waals surface area contributed by atoms with Crippen LogP contribution in [0, 0.1) is 24.3 Å². The number of hydrogen-bond donors (Lipinski definition) is 1. The summed E-state index contributed by atoms with van der Waals surface area (Å²) in [6, 6.07) is 7.35. The molecule has 2 aliphatic rings. The third kappa shape index (κ3) is 5.14. The van der Waals surface area contributed by atoms with Crippen LogP contribution in [0.4, 0.5) is 5.69 Å². The number of rotatable bonds is 7. The average Bonchev–Trinajstić information content (AvgIpc) is 3.39. The van der Waals surface area contributed by atoms with Gasteiger partial charge in [-0.25, -0.2) is 9.64 Å². The lowest BCUT2D eigenvalue weighted by molar-refractivity contribution is -0.153. The fourth-order valence-electron chi connectivity index (χ4n) is 5.37. The minimum Gasteiger partial charge on any atom is -0.459 e. The lowest BCUT2D eigenvalue weighted by Crippen LogP contribution is -2.37. The average molecular weight is 476 g/mol. The Morgan fingerprint density at radius 3 is 2.40 bits per heavy atom. The van der Waals surface area contributed by atoms with Crippen LogP contribution < -0.4 is 5.32 Å². The van der Waals surface area contributed by atoms with Crippen LogP contribution in [0.25, 0.3) is 21.9 Å². The van der Waals surface area contributed by atoms with E-state index < -0.39 is 5.97 Å². The van der Waals surface area contributed by atoms with Crippen LogP contribution in [-0.4, -0.2) is 32.7 Å². The fraction of sp³-hybridized carbons (Fsp3) is 0.519. The molecule has 1 aromatic heterocycles. The molecule has 184 valence electrons. The molecule has 4 rings (SSSR count). The standard InChI is InChI=1S/C27H33N5O3/c1-6-7-8-22(33)29-20-11-9-19(10-12-20)25-30-31-26-23(28-5)21(15-32(25)26)27(34)35-24-17(3)13-16(2)14-18(24)4/h9-12,16-18,24H,6-8,13-15H2,1-4H3,(H,29,33). The number of hydrogen-bond acceptors (Lipinski definition) is 5. The molecule has 2 atom stereocenters. The summed E-state index contributed by atoms with van der Waals surface area (Å²) in [5.74, 6) is 1.70. The molecule has 0 radical (unpaired) electrons. The molecule has 2 heterocycles. The summed E-state index contributed by atoms with van der Waals surface area (Å²) in [5.41, 5.74) is 2.05. The van der Waals surface area contributed by atoms with Gasteiger partial charge in [0.15, 0.2) is 11.6 Å². The molecule has 1 aliphatic carbocycles. The summed E-state index contributed by atoms with van der Waals surface area (Å²) in [6.45, 7) is 16.4. The largest absolute Gasteiger partial charge is 0.459 e. The zero-order valence-electron chi connectivity index (χ0n) is 20.9. The molecule has 2 unspecified atom stereocenters. The molecule has 1 fully saturated rings. The van der Waals surface area contributed by atoms with Crippen LogP contribution >= 0.6 is 0 Å². The van der Waals surface area contributed by atoms with Crippen molar-refractivity contribution in [3.05, 3.63) is 47.1 Å². The van der Waals surface area contributed by atoms with E-state index in [-0.39, 0.29) is 36.1 Å². The second-order valence-electron chi connectivity index (χ2n) is 10.0. The number of aromatic nitrogens is 3. The molecular weight excluding hydrogens is 442 g/mol. The molecule has 8 nitrogen and oxygen atoms in total. The Bertz CT molecular complexity index is 1160. The summed E-state index contributed by atoms with van der Waals surface area (Å²) in [7, 11) is 0. The number of fused-ring (bicyclic) bond motifs is 1. The van der Waals surface area contributed by atoms with Gasteiger partial charge in [0.25, 0.3) is 0 Å². The van der Waals surface area contributed by atoms with E-state index in [0.717, 1.165) is 31.2 Å². The number of anilines is 1. The van der Waals surface area contributed by atoms with E-state index in [1.165, 1.54) is 0 Å². The van der Waals surface area contributed by atoms with Crippen LogP contribution in [-0.2, 0) is 20.9 Å². The van der Waals surface area contributed by atoms with E-state index in [1.807, 2.05) is 24.3 Å². The Morgan fingerprint density at radius 2 is 1.77 bits per heavy atom. The van der Waals surface area contributed by atoms with Crippen molar-refractivity contribution in [1.82, 2.24) is 14.8 Å². The van der Waals surface area contributed by atoms with Crippen LogP contribution in [0.15, 0.2) is 29.8 Å². The normalized spacial score (nSPS) is 23.5. The van der Waals surface area contributed by atoms with Gasteiger partial charge >= 0.3 is 5.97 Å². The van der Waals surface area contributed by atoms with Crippen molar-refractivity contribution in [2.75, 3.05) is 5.32 Å². The zero-order chi connectivity index (χ0) is 25.1. The van der Waals surface area contributed by atoms with Crippen LogP contribution in [0.5, 0.6) is 0 Å². The molecular formula is C27H33N5O3. The van der Waals surface area contributed by atoms with E-state index in [4.69, 9.17) is 11.3 Å². The number of amides is 1. The molecule has 1 aromatic carbocycles. The van der Waals surface area contributed by atoms with E-state index in [9.17, 15) is 9.59 Å². The first-order chi connectivity index (χ1) is 16.8. The summed E-state index contributed by atoms with van der Waals surface area (Å²) >= 11 is 0. The summed E-state index contributed by atoms with van der Waals surface area (Å²) in [4.78, 5) is 28.8. The van der Waals surface area contributed by atoms with E-state index in [1.54, 1.807) is 4.57 Å². The Balaban J connectivity index is 1.49. The number of esters is 1. The highest BCUT2D eigenvalue weighted by Gasteiger charge is 2.37. The second kappa shape index (κ2) is 10.4. The van der Waals surface area contributed by atoms with Gasteiger partial charge in [-0.05, 0) is 61.3 Å². The van der Waals surface area contributed by atoms with Crippen molar-refractivity contribution in [3.63, 3.8) is 0 Å². The third-order valence-corrected chi connectivity index (χ3v) is 7.02. The molecule has 0 bridgehead atoms. The summed E-state index contributed by atoms with van der Waals surface area (Å²) in [6.07, 6.45) is 4.23. The molecule has 35 heavy (non-hydrogen) atoms. The number of unbranched alkanes of at least 4 members (excludes halogenated alkanes) is 1. The Hall–Kier alpha value is -3.47. The number of benzene rings is 1. The molecule has 1 N–H and O–H groups in total. The molecule has 1 amide bonds. The highest BCUT2D eigenvalue weighted by Crippen LogP contribution is 2.37. The van der Waals surface area contributed by atoms with Crippen molar-refractivity contribution < 1.29 is 14.3 Å². The van der Waals surface area contributed by atoms with Gasteiger partial charge in [-0.2, -0.15) is 0 Å². The molecule has 8 heteroatoms. The number of nitrogens with one attached hydrogen (secondary N) is 1. The number of ether oxygens (including phenoxy) is 1. The topological polar surface area (TPSA) is 90.5 Å². The minimum atomic E-state index is -0.434. The monoisotopic (exact) mass is 475 g/mol. The summed E-state index contributed by atoms with van der Waals surface area (Å²) < 4.78 is 7.75. The van der Waals surface area contributed by atoms with Crippen molar-refractivity contribution in [2.45, 2.75) is 72.4 Å². The maximum absolute atomic E-state index is 13.2. The molecule has 0 spiro atoms. The second-order valence-corrected chi connectivity index (χ2v) is 10.0. The van der Waals surface area contributed by atoms with Crippen LogP contribution in [0.2, 0.25) is 0 Å². The Labute approximate surface area is 206 Å². The smallest absolute Gasteiger partial charge is 0.325 e. The minimum absolute atomic E-state index is 0.00640. The quantitative estimate of drug-likeness (QED) is 0.432. The lowest BCUT2D eigenvalue weighted by Gasteiger charge is -2.37. The van der Waals surface area contributed by atoms with Crippen molar-refractivity contribution >= 4 is 23.3 Å².